The normalized spacial score (nSPS) is 12.7. The summed E-state index contributed by atoms with van der Waals surface area (Å²) in [5.41, 5.74) is 6.70. The fraction of sp³-hybridized carbons (Fsp3) is 0.238. The Hall–Kier alpha value is -3.10. The molecule has 29 heavy (non-hydrogen) atoms. The van der Waals surface area contributed by atoms with E-state index in [0.29, 0.717) is 23.3 Å². The maximum atomic E-state index is 12.9. The number of nitrogens with two attached hydrogens (primary N) is 1. The number of hydrogen-bond acceptors (Lipinski definition) is 6. The molecule has 4 aromatic rings. The number of hydrogen-bond donors (Lipinski definition) is 1. The first-order valence-electron chi connectivity index (χ1n) is 9.26. The van der Waals surface area contributed by atoms with Crippen LogP contribution in [-0.4, -0.2) is 32.4 Å². The Morgan fingerprint density at radius 2 is 1.83 bits per heavy atom. The lowest BCUT2D eigenvalue weighted by molar-refractivity contribution is -0.118. The number of primary amides is 1. The summed E-state index contributed by atoms with van der Waals surface area (Å²) in [7, 11) is 1.95. The standard InChI is InChI=1S/C21H21N5O2S/c1-13(20-24-16-9-5-6-10-17(16)29-20)25(2)12-19-23-15-8-4-3-7-14(15)21(28)26(19)11-18(22)27/h3-10,13H,11-12H2,1-2H3,(H2,22,27)/t13-/m0/s1. The maximum Gasteiger partial charge on any atom is 0.261 e. The quantitative estimate of drug-likeness (QED) is 0.530. The van der Waals surface area contributed by atoms with Gasteiger partial charge in [-0.3, -0.25) is 19.1 Å². The average Bonchev–Trinajstić information content (AvgIpc) is 3.14. The van der Waals surface area contributed by atoms with Crippen LogP contribution in [0.25, 0.3) is 21.1 Å². The maximum absolute atomic E-state index is 12.9. The largest absolute Gasteiger partial charge is 0.368 e. The van der Waals surface area contributed by atoms with Crippen LogP contribution >= 0.6 is 11.3 Å². The monoisotopic (exact) mass is 407 g/mol. The molecular formula is C21H21N5O2S. The number of para-hydroxylation sites is 2. The molecule has 0 fully saturated rings. The van der Waals surface area contributed by atoms with Crippen molar-refractivity contribution in [2.75, 3.05) is 7.05 Å². The smallest absolute Gasteiger partial charge is 0.261 e. The van der Waals surface area contributed by atoms with Crippen molar-refractivity contribution >= 4 is 38.4 Å². The van der Waals surface area contributed by atoms with E-state index in [2.05, 4.69) is 22.9 Å². The van der Waals surface area contributed by atoms with Crippen molar-refractivity contribution in [1.29, 1.82) is 0 Å². The Bertz CT molecular complexity index is 1230. The van der Waals surface area contributed by atoms with Gasteiger partial charge in [-0.05, 0) is 38.2 Å². The molecule has 0 saturated heterocycles. The third-order valence-corrected chi connectivity index (χ3v) is 6.18. The van der Waals surface area contributed by atoms with Crippen molar-refractivity contribution in [2.45, 2.75) is 26.1 Å². The highest BCUT2D eigenvalue weighted by molar-refractivity contribution is 7.18. The fourth-order valence-electron chi connectivity index (χ4n) is 3.27. The minimum Gasteiger partial charge on any atom is -0.368 e. The van der Waals surface area contributed by atoms with Crippen LogP contribution in [0.1, 0.15) is 23.8 Å². The molecule has 1 atom stereocenters. The summed E-state index contributed by atoms with van der Waals surface area (Å²) in [6, 6.07) is 15.2. The molecule has 2 N–H and O–H groups in total. The minimum atomic E-state index is -0.577. The van der Waals surface area contributed by atoms with Gasteiger partial charge in [-0.25, -0.2) is 9.97 Å². The molecule has 0 aliphatic carbocycles. The number of fused-ring (bicyclic) bond motifs is 2. The van der Waals surface area contributed by atoms with Crippen LogP contribution in [-0.2, 0) is 17.9 Å². The highest BCUT2D eigenvalue weighted by Gasteiger charge is 2.20. The first-order chi connectivity index (χ1) is 13.9. The molecule has 0 spiro atoms. The van der Waals surface area contributed by atoms with Gasteiger partial charge in [0.25, 0.3) is 5.56 Å². The molecule has 148 valence electrons. The molecule has 4 rings (SSSR count). The van der Waals surface area contributed by atoms with Crippen LogP contribution in [0.4, 0.5) is 0 Å². The molecule has 1 amide bonds. The van der Waals surface area contributed by atoms with Gasteiger partial charge in [0.1, 0.15) is 17.4 Å². The second-order valence-electron chi connectivity index (χ2n) is 7.01. The lowest BCUT2D eigenvalue weighted by Crippen LogP contribution is -2.34. The first kappa shape index (κ1) is 19.2. The average molecular weight is 407 g/mol. The van der Waals surface area contributed by atoms with E-state index < -0.39 is 5.91 Å². The zero-order valence-corrected chi connectivity index (χ0v) is 17.0. The molecule has 0 aliphatic rings. The van der Waals surface area contributed by atoms with E-state index in [-0.39, 0.29) is 18.1 Å². The number of thiazole rings is 1. The number of nitrogens with zero attached hydrogens (tertiary/aromatic N) is 4. The van der Waals surface area contributed by atoms with Crippen molar-refractivity contribution in [3.8, 4) is 0 Å². The van der Waals surface area contributed by atoms with Gasteiger partial charge >= 0.3 is 0 Å². The van der Waals surface area contributed by atoms with Crippen LogP contribution in [0.3, 0.4) is 0 Å². The number of carbonyl (C=O) groups is 1. The SMILES string of the molecule is C[C@@H](c1nc2ccccc2s1)N(C)Cc1nc2ccccc2c(=O)n1CC(N)=O. The number of benzene rings is 2. The third-order valence-electron chi connectivity index (χ3n) is 4.97. The number of carbonyl (C=O) groups excluding carboxylic acids is 1. The van der Waals surface area contributed by atoms with Crippen LogP contribution < -0.4 is 11.3 Å². The van der Waals surface area contributed by atoms with Gasteiger partial charge in [0.15, 0.2) is 0 Å². The molecular weight excluding hydrogens is 386 g/mol. The van der Waals surface area contributed by atoms with E-state index >= 15 is 0 Å². The molecule has 0 radical (unpaired) electrons. The number of aromatic nitrogens is 3. The summed E-state index contributed by atoms with van der Waals surface area (Å²) in [6.07, 6.45) is 0. The summed E-state index contributed by atoms with van der Waals surface area (Å²) in [5, 5.41) is 1.46. The first-order valence-corrected chi connectivity index (χ1v) is 10.1. The molecule has 7 nitrogen and oxygen atoms in total. The van der Waals surface area contributed by atoms with E-state index in [4.69, 9.17) is 10.7 Å². The van der Waals surface area contributed by atoms with E-state index in [0.717, 1.165) is 15.2 Å². The molecule has 0 saturated carbocycles. The highest BCUT2D eigenvalue weighted by atomic mass is 32.1. The molecule has 0 unspecified atom stereocenters. The topological polar surface area (TPSA) is 94.1 Å². The second kappa shape index (κ2) is 7.73. The molecule has 2 aromatic carbocycles. The van der Waals surface area contributed by atoms with Crippen molar-refractivity contribution in [1.82, 2.24) is 19.4 Å². The van der Waals surface area contributed by atoms with Crippen LogP contribution in [0.5, 0.6) is 0 Å². The van der Waals surface area contributed by atoms with Gasteiger partial charge in [0, 0.05) is 0 Å². The van der Waals surface area contributed by atoms with Gasteiger partial charge in [-0.2, -0.15) is 0 Å². The van der Waals surface area contributed by atoms with Crippen LogP contribution in [0, 0.1) is 0 Å². The predicted molar refractivity (Wildman–Crippen MR) is 115 cm³/mol. The summed E-state index contributed by atoms with van der Waals surface area (Å²) in [6.45, 7) is 2.25. The Morgan fingerprint density at radius 1 is 1.14 bits per heavy atom. The van der Waals surface area contributed by atoms with Crippen molar-refractivity contribution in [3.05, 3.63) is 69.7 Å². The van der Waals surface area contributed by atoms with Gasteiger partial charge in [-0.15, -0.1) is 11.3 Å². The Balaban J connectivity index is 1.70. The van der Waals surface area contributed by atoms with Crippen LogP contribution in [0.15, 0.2) is 53.3 Å². The zero-order valence-electron chi connectivity index (χ0n) is 16.2. The predicted octanol–water partition coefficient (Wildman–Crippen LogP) is 2.68. The van der Waals surface area contributed by atoms with Gasteiger partial charge in [-0.1, -0.05) is 24.3 Å². The molecule has 8 heteroatoms. The fourth-order valence-corrected chi connectivity index (χ4v) is 4.36. The molecule has 2 aromatic heterocycles. The summed E-state index contributed by atoms with van der Waals surface area (Å²) >= 11 is 1.65. The Morgan fingerprint density at radius 3 is 2.55 bits per heavy atom. The number of rotatable bonds is 6. The lowest BCUT2D eigenvalue weighted by atomic mass is 10.2. The van der Waals surface area contributed by atoms with Crippen molar-refractivity contribution in [3.63, 3.8) is 0 Å². The molecule has 0 bridgehead atoms. The van der Waals surface area contributed by atoms with Gasteiger partial charge in [0.2, 0.25) is 5.91 Å². The summed E-state index contributed by atoms with van der Waals surface area (Å²) in [5.74, 6) is -0.0738. The van der Waals surface area contributed by atoms with Crippen LogP contribution in [0.2, 0.25) is 0 Å². The Labute approximate surface area is 171 Å². The highest BCUT2D eigenvalue weighted by Crippen LogP contribution is 2.29. The van der Waals surface area contributed by atoms with Crippen molar-refractivity contribution in [2.24, 2.45) is 5.73 Å². The van der Waals surface area contributed by atoms with Gasteiger partial charge in [0.05, 0.1) is 33.7 Å². The van der Waals surface area contributed by atoms with E-state index in [1.54, 1.807) is 29.5 Å². The summed E-state index contributed by atoms with van der Waals surface area (Å²) in [4.78, 5) is 35.9. The van der Waals surface area contributed by atoms with E-state index in [1.807, 2.05) is 31.3 Å². The second-order valence-corrected chi connectivity index (χ2v) is 8.08. The molecule has 0 aliphatic heterocycles. The van der Waals surface area contributed by atoms with E-state index in [9.17, 15) is 9.59 Å². The number of amides is 1. The van der Waals surface area contributed by atoms with Gasteiger partial charge < -0.3 is 5.73 Å². The minimum absolute atomic E-state index is 0.0119. The lowest BCUT2D eigenvalue weighted by Gasteiger charge is -2.24. The zero-order chi connectivity index (χ0) is 20.5. The Kier molecular flexibility index (Phi) is 5.12. The third kappa shape index (κ3) is 3.76. The molecule has 2 heterocycles. The van der Waals surface area contributed by atoms with Crippen molar-refractivity contribution < 1.29 is 4.79 Å². The van der Waals surface area contributed by atoms with E-state index in [1.165, 1.54) is 4.57 Å². The summed E-state index contributed by atoms with van der Waals surface area (Å²) < 4.78 is 2.50.